The number of hydrogen-bond donors (Lipinski definition) is 1. The zero-order valence-electron chi connectivity index (χ0n) is 21.4. The number of morpholine rings is 1. The Hall–Kier alpha value is -3.61. The van der Waals surface area contributed by atoms with Crippen LogP contribution >= 0.6 is 0 Å². The molecule has 1 aromatic heterocycles. The Morgan fingerprint density at radius 2 is 1.92 bits per heavy atom. The second-order valence-corrected chi connectivity index (χ2v) is 9.41. The quantitative estimate of drug-likeness (QED) is 0.424. The third-order valence-corrected chi connectivity index (χ3v) is 6.53. The first-order chi connectivity index (χ1) is 18.7. The number of aryl methyl sites for hydroxylation is 1. The van der Waals surface area contributed by atoms with Gasteiger partial charge in [0, 0.05) is 49.9 Å². The Balaban J connectivity index is 1.31. The number of urea groups is 1. The fraction of sp³-hybridized carbons (Fsp3) is 0.407. The van der Waals surface area contributed by atoms with Gasteiger partial charge in [0.1, 0.15) is 5.75 Å². The van der Waals surface area contributed by atoms with Crippen LogP contribution in [0.1, 0.15) is 22.6 Å². The molecular formula is C27H29F3N4O5. The van der Waals surface area contributed by atoms with Crippen molar-refractivity contribution in [1.82, 2.24) is 15.2 Å². The molecule has 3 aromatic rings. The second kappa shape index (κ2) is 11.6. The van der Waals surface area contributed by atoms with Crippen molar-refractivity contribution in [1.29, 1.82) is 0 Å². The number of aromatic nitrogens is 1. The first kappa shape index (κ1) is 27.0. The molecule has 1 N–H and O–H groups in total. The van der Waals surface area contributed by atoms with E-state index in [1.807, 2.05) is 25.1 Å². The highest BCUT2D eigenvalue weighted by atomic mass is 19.4. The predicted octanol–water partition coefficient (Wildman–Crippen LogP) is 4.48. The van der Waals surface area contributed by atoms with E-state index in [0.717, 1.165) is 29.8 Å². The Bertz CT molecular complexity index is 1310. The maximum atomic E-state index is 13.0. The van der Waals surface area contributed by atoms with E-state index in [4.69, 9.17) is 13.9 Å². The SMILES string of the molecule is Cc1ccc(COCN2CCOCC2)cc1Cc1ncc(-c2cc(OC(F)(F)F)cc(N3CCNC3=O)c2)o1. The number of ether oxygens (including phenoxy) is 3. The lowest BCUT2D eigenvalue weighted by Crippen LogP contribution is -2.37. The molecule has 0 atom stereocenters. The fourth-order valence-corrected chi connectivity index (χ4v) is 4.51. The minimum Gasteiger partial charge on any atom is -0.440 e. The predicted molar refractivity (Wildman–Crippen MR) is 135 cm³/mol. The van der Waals surface area contributed by atoms with Crippen molar-refractivity contribution >= 4 is 11.7 Å². The number of hydrogen-bond acceptors (Lipinski definition) is 7. The van der Waals surface area contributed by atoms with Gasteiger partial charge in [-0.1, -0.05) is 18.2 Å². The van der Waals surface area contributed by atoms with Crippen LogP contribution in [0.3, 0.4) is 0 Å². The van der Waals surface area contributed by atoms with Gasteiger partial charge < -0.3 is 23.9 Å². The molecule has 2 aliphatic heterocycles. The molecule has 12 heteroatoms. The van der Waals surface area contributed by atoms with Gasteiger partial charge in [0.05, 0.1) is 32.7 Å². The van der Waals surface area contributed by atoms with Gasteiger partial charge in [-0.05, 0) is 35.7 Å². The van der Waals surface area contributed by atoms with Crippen LogP contribution in [0.15, 0.2) is 47.0 Å². The Morgan fingerprint density at radius 1 is 1.10 bits per heavy atom. The number of anilines is 1. The van der Waals surface area contributed by atoms with Crippen LogP contribution in [-0.2, 0) is 22.5 Å². The van der Waals surface area contributed by atoms with Gasteiger partial charge in [0.25, 0.3) is 0 Å². The molecule has 0 unspecified atom stereocenters. The topological polar surface area (TPSA) is 89.3 Å². The number of carbonyl (C=O) groups is 1. The van der Waals surface area contributed by atoms with Crippen molar-refractivity contribution in [3.8, 4) is 17.1 Å². The fourth-order valence-electron chi connectivity index (χ4n) is 4.51. The second-order valence-electron chi connectivity index (χ2n) is 9.41. The van der Waals surface area contributed by atoms with E-state index < -0.39 is 18.1 Å². The molecule has 2 saturated heterocycles. The van der Waals surface area contributed by atoms with E-state index in [-0.39, 0.29) is 11.4 Å². The highest BCUT2D eigenvalue weighted by molar-refractivity contribution is 5.95. The smallest absolute Gasteiger partial charge is 0.440 e. The number of alkyl halides is 3. The number of halogens is 3. The van der Waals surface area contributed by atoms with Crippen molar-refractivity contribution in [2.45, 2.75) is 26.3 Å². The molecule has 2 aliphatic rings. The van der Waals surface area contributed by atoms with E-state index in [1.54, 1.807) is 6.07 Å². The van der Waals surface area contributed by atoms with E-state index >= 15 is 0 Å². The molecule has 3 heterocycles. The molecule has 0 radical (unpaired) electrons. The van der Waals surface area contributed by atoms with Crippen molar-refractivity contribution in [2.24, 2.45) is 0 Å². The van der Waals surface area contributed by atoms with Crippen LogP contribution in [0.4, 0.5) is 23.7 Å². The maximum absolute atomic E-state index is 13.0. The third kappa shape index (κ3) is 7.08. The monoisotopic (exact) mass is 546 g/mol. The van der Waals surface area contributed by atoms with Crippen LogP contribution in [0, 0.1) is 6.92 Å². The first-order valence-corrected chi connectivity index (χ1v) is 12.6. The van der Waals surface area contributed by atoms with Gasteiger partial charge in [0.15, 0.2) is 11.7 Å². The summed E-state index contributed by atoms with van der Waals surface area (Å²) in [6.45, 7) is 6.82. The van der Waals surface area contributed by atoms with Crippen molar-refractivity contribution in [3.05, 3.63) is 65.2 Å². The third-order valence-electron chi connectivity index (χ3n) is 6.53. The molecule has 0 spiro atoms. The van der Waals surface area contributed by atoms with E-state index in [1.165, 1.54) is 23.2 Å². The van der Waals surface area contributed by atoms with Gasteiger partial charge in [-0.25, -0.2) is 9.78 Å². The summed E-state index contributed by atoms with van der Waals surface area (Å²) in [7, 11) is 0. The molecule has 5 rings (SSSR count). The maximum Gasteiger partial charge on any atom is 0.573 e. The van der Waals surface area contributed by atoms with Crippen molar-refractivity contribution in [2.75, 3.05) is 51.0 Å². The summed E-state index contributed by atoms with van der Waals surface area (Å²) in [5, 5.41) is 2.64. The molecule has 2 amide bonds. The lowest BCUT2D eigenvalue weighted by atomic mass is 10.0. The number of rotatable bonds is 9. The molecule has 2 fully saturated rings. The van der Waals surface area contributed by atoms with E-state index in [9.17, 15) is 18.0 Å². The first-order valence-electron chi connectivity index (χ1n) is 12.6. The molecule has 9 nitrogen and oxygen atoms in total. The van der Waals surface area contributed by atoms with Crippen LogP contribution in [-0.4, -0.2) is 68.4 Å². The Morgan fingerprint density at radius 3 is 2.67 bits per heavy atom. The summed E-state index contributed by atoms with van der Waals surface area (Å²) < 4.78 is 60.3. The minimum atomic E-state index is -4.88. The highest BCUT2D eigenvalue weighted by Gasteiger charge is 2.32. The summed E-state index contributed by atoms with van der Waals surface area (Å²) in [5.41, 5.74) is 3.64. The van der Waals surface area contributed by atoms with E-state index in [0.29, 0.717) is 57.5 Å². The summed E-state index contributed by atoms with van der Waals surface area (Å²) in [5.74, 6) is 0.219. The number of amides is 2. The zero-order chi connectivity index (χ0) is 27.4. The summed E-state index contributed by atoms with van der Waals surface area (Å²) >= 11 is 0. The number of benzene rings is 2. The largest absolute Gasteiger partial charge is 0.573 e. The average Bonchev–Trinajstić information content (AvgIpc) is 3.54. The molecule has 0 bridgehead atoms. The lowest BCUT2D eigenvalue weighted by molar-refractivity contribution is -0.274. The number of carbonyl (C=O) groups excluding carboxylic acids is 1. The van der Waals surface area contributed by atoms with Crippen LogP contribution in [0.25, 0.3) is 11.3 Å². The van der Waals surface area contributed by atoms with Gasteiger partial charge in [-0.15, -0.1) is 13.2 Å². The standard InChI is InChI=1S/C27H29F3N4O5/c1-18-2-3-19(16-37-17-33-6-8-36-9-7-33)10-20(18)13-25-32-15-24(38-25)21-11-22(34-5-4-31-26(34)35)14-23(12-21)39-27(28,29)30/h2-3,10-12,14-15H,4-9,13,16-17H2,1H3,(H,31,35). The van der Waals surface area contributed by atoms with Crippen molar-refractivity contribution < 1.29 is 36.6 Å². The Kier molecular flexibility index (Phi) is 8.05. The van der Waals surface area contributed by atoms with E-state index in [2.05, 4.69) is 19.9 Å². The molecule has 0 saturated carbocycles. The summed E-state index contributed by atoms with van der Waals surface area (Å²) in [6.07, 6.45) is -3.03. The number of nitrogens with zero attached hydrogens (tertiary/aromatic N) is 3. The zero-order valence-corrected chi connectivity index (χ0v) is 21.4. The molecule has 39 heavy (non-hydrogen) atoms. The summed E-state index contributed by atoms with van der Waals surface area (Å²) in [4.78, 5) is 20.0. The lowest BCUT2D eigenvalue weighted by Gasteiger charge is -2.26. The number of oxazole rings is 1. The summed E-state index contributed by atoms with van der Waals surface area (Å²) in [6, 6.07) is 9.64. The average molecular weight is 547 g/mol. The van der Waals surface area contributed by atoms with Crippen LogP contribution in [0.5, 0.6) is 5.75 Å². The highest BCUT2D eigenvalue weighted by Crippen LogP contribution is 2.34. The van der Waals surface area contributed by atoms with Gasteiger partial charge in [-0.3, -0.25) is 9.80 Å². The van der Waals surface area contributed by atoms with Gasteiger partial charge in [-0.2, -0.15) is 0 Å². The van der Waals surface area contributed by atoms with Crippen LogP contribution < -0.4 is 15.0 Å². The van der Waals surface area contributed by atoms with Gasteiger partial charge in [0.2, 0.25) is 0 Å². The molecular weight excluding hydrogens is 517 g/mol. The molecule has 0 aliphatic carbocycles. The number of nitrogens with one attached hydrogen (secondary N) is 1. The van der Waals surface area contributed by atoms with Crippen molar-refractivity contribution in [3.63, 3.8) is 0 Å². The van der Waals surface area contributed by atoms with Gasteiger partial charge >= 0.3 is 12.4 Å². The molecule has 208 valence electrons. The Labute approximate surface area is 223 Å². The molecule has 2 aromatic carbocycles. The normalized spacial score (nSPS) is 16.5. The minimum absolute atomic E-state index is 0.264. The van der Waals surface area contributed by atoms with Crippen LogP contribution in [0.2, 0.25) is 0 Å².